The van der Waals surface area contributed by atoms with E-state index in [1.54, 1.807) is 6.07 Å². The summed E-state index contributed by atoms with van der Waals surface area (Å²) in [5.74, 6) is -0.0837. The van der Waals surface area contributed by atoms with Gasteiger partial charge >= 0.3 is 6.18 Å². The average molecular weight is 500 g/mol. The topological polar surface area (TPSA) is 72.6 Å². The Labute approximate surface area is 185 Å². The highest BCUT2D eigenvalue weighted by atomic mass is 79.9. The largest absolute Gasteiger partial charge is 0.416 e. The van der Waals surface area contributed by atoms with Gasteiger partial charge in [0.25, 0.3) is 11.7 Å². The molecule has 4 rings (SSSR count). The molecular weight excluding hydrogens is 479 g/mol. The van der Waals surface area contributed by atoms with Crippen LogP contribution in [-0.2, 0) is 10.9 Å². The van der Waals surface area contributed by atoms with Crippen molar-refractivity contribution in [3.63, 3.8) is 0 Å². The van der Waals surface area contributed by atoms with Crippen molar-refractivity contribution in [3.8, 4) is 0 Å². The maximum Gasteiger partial charge on any atom is 0.416 e. The van der Waals surface area contributed by atoms with Crippen LogP contribution in [0.2, 0.25) is 0 Å². The summed E-state index contributed by atoms with van der Waals surface area (Å²) < 4.78 is 46.9. The van der Waals surface area contributed by atoms with E-state index in [-0.39, 0.29) is 29.7 Å². The molecule has 1 aromatic carbocycles. The number of nitrogens with zero attached hydrogens (tertiary/aromatic N) is 5. The van der Waals surface area contributed by atoms with Crippen molar-refractivity contribution in [1.82, 2.24) is 24.5 Å². The molecule has 0 saturated carbocycles. The number of fused-ring (bicyclic) bond motifs is 1. The highest BCUT2D eigenvalue weighted by molar-refractivity contribution is 9.10. The van der Waals surface area contributed by atoms with Crippen molar-refractivity contribution in [2.24, 2.45) is 0 Å². The second-order valence-corrected chi connectivity index (χ2v) is 7.55. The minimum absolute atomic E-state index is 0.0378. The van der Waals surface area contributed by atoms with Crippen LogP contribution in [0.4, 0.5) is 13.2 Å². The summed E-state index contributed by atoms with van der Waals surface area (Å²) in [6.45, 7) is 6.50. The van der Waals surface area contributed by atoms with Gasteiger partial charge in [-0.3, -0.25) is 4.79 Å². The molecule has 11 heteroatoms. The first kappa shape index (κ1) is 23.1. The number of aromatic nitrogens is 4. The molecule has 1 aliphatic rings. The maximum absolute atomic E-state index is 13.1. The van der Waals surface area contributed by atoms with E-state index in [9.17, 15) is 18.0 Å². The van der Waals surface area contributed by atoms with E-state index in [1.807, 2.05) is 20.8 Å². The van der Waals surface area contributed by atoms with Gasteiger partial charge in [-0.2, -0.15) is 27.8 Å². The SMILES string of the molecule is CC.Cc1cc(C2CN(C(=O)c3cc(Br)cc(C(F)(F)F)c3)CCO2)n2ncnc2n1. The number of carbonyl (C=O) groups is 1. The van der Waals surface area contributed by atoms with Gasteiger partial charge in [-0.15, -0.1) is 0 Å². The molecule has 1 fully saturated rings. The van der Waals surface area contributed by atoms with Crippen LogP contribution in [-0.4, -0.2) is 50.1 Å². The molecule has 3 aromatic rings. The van der Waals surface area contributed by atoms with Gasteiger partial charge in [0.15, 0.2) is 0 Å². The lowest BCUT2D eigenvalue weighted by Crippen LogP contribution is -2.42. The van der Waals surface area contributed by atoms with E-state index in [4.69, 9.17) is 4.74 Å². The Kier molecular flexibility index (Phi) is 6.95. The van der Waals surface area contributed by atoms with Crippen LogP contribution < -0.4 is 0 Å². The van der Waals surface area contributed by atoms with E-state index in [2.05, 4.69) is 31.0 Å². The molecule has 2 aromatic heterocycles. The van der Waals surface area contributed by atoms with E-state index in [0.29, 0.717) is 17.2 Å². The predicted molar refractivity (Wildman–Crippen MR) is 111 cm³/mol. The number of ether oxygens (including phenoxy) is 1. The van der Waals surface area contributed by atoms with E-state index in [0.717, 1.165) is 12.1 Å². The van der Waals surface area contributed by atoms with Crippen molar-refractivity contribution in [2.75, 3.05) is 19.7 Å². The molecule has 166 valence electrons. The number of morpholine rings is 1. The zero-order valence-electron chi connectivity index (χ0n) is 17.1. The van der Waals surface area contributed by atoms with E-state index >= 15 is 0 Å². The summed E-state index contributed by atoms with van der Waals surface area (Å²) in [5, 5.41) is 4.14. The molecule has 1 aliphatic heterocycles. The number of halogens is 4. The number of aryl methyl sites for hydroxylation is 1. The fraction of sp³-hybridized carbons (Fsp3) is 0.400. The third-order valence-electron chi connectivity index (χ3n) is 4.56. The summed E-state index contributed by atoms with van der Waals surface area (Å²) >= 11 is 3.06. The van der Waals surface area contributed by atoms with Crippen molar-refractivity contribution in [3.05, 3.63) is 57.6 Å². The minimum atomic E-state index is -4.54. The molecule has 0 spiro atoms. The molecule has 7 nitrogen and oxygen atoms in total. The lowest BCUT2D eigenvalue weighted by atomic mass is 10.1. The standard InChI is InChI=1S/C18H15BrF3N5O2.C2H6/c1-10-4-14(27-17(25-10)23-9-24-27)15-8-26(2-3-29-15)16(28)11-5-12(18(20,21)22)7-13(19)6-11;1-2/h4-7,9,15H,2-3,8H2,1H3;1-2H3. The molecule has 0 bridgehead atoms. The zero-order valence-corrected chi connectivity index (χ0v) is 18.7. The summed E-state index contributed by atoms with van der Waals surface area (Å²) in [4.78, 5) is 22.8. The molecule has 3 heterocycles. The molecule has 0 aliphatic carbocycles. The highest BCUT2D eigenvalue weighted by Crippen LogP contribution is 2.33. The van der Waals surface area contributed by atoms with Crippen LogP contribution in [0.25, 0.3) is 5.78 Å². The van der Waals surface area contributed by atoms with Crippen molar-refractivity contribution in [2.45, 2.75) is 33.1 Å². The van der Waals surface area contributed by atoms with Crippen molar-refractivity contribution >= 4 is 27.6 Å². The van der Waals surface area contributed by atoms with Crippen LogP contribution >= 0.6 is 15.9 Å². The second-order valence-electron chi connectivity index (χ2n) is 6.63. The fourth-order valence-electron chi connectivity index (χ4n) is 3.26. The van der Waals surface area contributed by atoms with Crippen LogP contribution in [0.1, 0.15) is 47.3 Å². The molecule has 1 unspecified atom stereocenters. The van der Waals surface area contributed by atoms with Gasteiger partial charge in [-0.1, -0.05) is 29.8 Å². The van der Waals surface area contributed by atoms with Crippen LogP contribution in [0.3, 0.4) is 0 Å². The quantitative estimate of drug-likeness (QED) is 0.520. The van der Waals surface area contributed by atoms with Crippen LogP contribution in [0.5, 0.6) is 0 Å². The van der Waals surface area contributed by atoms with Crippen LogP contribution in [0, 0.1) is 6.92 Å². The first-order chi connectivity index (χ1) is 14.7. The Bertz CT molecular complexity index is 1090. The maximum atomic E-state index is 13.1. The first-order valence-electron chi connectivity index (χ1n) is 9.68. The van der Waals surface area contributed by atoms with Crippen molar-refractivity contribution in [1.29, 1.82) is 0 Å². The Balaban J connectivity index is 0.00000132. The number of rotatable bonds is 2. The van der Waals surface area contributed by atoms with Gasteiger partial charge in [0.05, 0.1) is 24.4 Å². The Hall–Kier alpha value is -2.53. The van der Waals surface area contributed by atoms with Gasteiger partial charge < -0.3 is 9.64 Å². The van der Waals surface area contributed by atoms with Gasteiger partial charge in [-0.05, 0) is 31.2 Å². The zero-order chi connectivity index (χ0) is 22.8. The number of alkyl halides is 3. The second kappa shape index (κ2) is 9.31. The highest BCUT2D eigenvalue weighted by Gasteiger charge is 2.33. The molecule has 1 atom stereocenters. The summed E-state index contributed by atoms with van der Waals surface area (Å²) in [5.41, 5.74) is 0.473. The van der Waals surface area contributed by atoms with Crippen LogP contribution in [0.15, 0.2) is 35.1 Å². The molecule has 1 amide bonds. The molecule has 0 N–H and O–H groups in total. The van der Waals surface area contributed by atoms with Gasteiger partial charge in [0.1, 0.15) is 12.4 Å². The Morgan fingerprint density at radius 2 is 1.97 bits per heavy atom. The Morgan fingerprint density at radius 1 is 1.23 bits per heavy atom. The third kappa shape index (κ3) is 5.04. The first-order valence-corrected chi connectivity index (χ1v) is 10.5. The number of carbonyl (C=O) groups excluding carboxylic acids is 1. The molecule has 0 radical (unpaired) electrons. The molecular formula is C20H21BrF3N5O2. The number of hydrogen-bond acceptors (Lipinski definition) is 5. The minimum Gasteiger partial charge on any atom is -0.368 e. The summed E-state index contributed by atoms with van der Waals surface area (Å²) in [6, 6.07) is 4.99. The van der Waals surface area contributed by atoms with Gasteiger partial charge in [0, 0.05) is 22.3 Å². The summed E-state index contributed by atoms with van der Waals surface area (Å²) in [7, 11) is 0. The molecule has 31 heavy (non-hydrogen) atoms. The Morgan fingerprint density at radius 3 is 2.68 bits per heavy atom. The predicted octanol–water partition coefficient (Wildman–Crippen LogP) is 4.45. The molecule has 1 saturated heterocycles. The normalized spacial score (nSPS) is 16.7. The smallest absolute Gasteiger partial charge is 0.368 e. The van der Waals surface area contributed by atoms with E-state index < -0.39 is 23.8 Å². The number of benzene rings is 1. The summed E-state index contributed by atoms with van der Waals surface area (Å²) in [6.07, 6.45) is -3.68. The lowest BCUT2D eigenvalue weighted by Gasteiger charge is -2.33. The third-order valence-corrected chi connectivity index (χ3v) is 5.02. The number of hydrogen-bond donors (Lipinski definition) is 0. The van der Waals surface area contributed by atoms with Crippen molar-refractivity contribution < 1.29 is 22.7 Å². The van der Waals surface area contributed by atoms with E-state index in [1.165, 1.54) is 21.8 Å². The monoisotopic (exact) mass is 499 g/mol. The number of amides is 1. The fourth-order valence-corrected chi connectivity index (χ4v) is 3.75. The van der Waals surface area contributed by atoms with Gasteiger partial charge in [0.2, 0.25) is 0 Å². The van der Waals surface area contributed by atoms with Gasteiger partial charge in [-0.25, -0.2) is 4.98 Å². The lowest BCUT2D eigenvalue weighted by molar-refractivity contribution is -0.137. The average Bonchev–Trinajstić information content (AvgIpc) is 3.21.